The summed E-state index contributed by atoms with van der Waals surface area (Å²) >= 11 is 0. The average molecular weight is 233 g/mol. The van der Waals surface area contributed by atoms with Gasteiger partial charge in [-0.05, 0) is 31.4 Å². The molecule has 0 radical (unpaired) electrons. The molecule has 0 saturated heterocycles. The van der Waals surface area contributed by atoms with E-state index in [1.165, 1.54) is 0 Å². The average Bonchev–Trinajstić information content (AvgIpc) is 3.11. The number of nitrogens with one attached hydrogen (secondary N) is 1. The van der Waals surface area contributed by atoms with Crippen LogP contribution in [0.15, 0.2) is 18.2 Å². The zero-order valence-corrected chi connectivity index (χ0v) is 9.73. The first-order chi connectivity index (χ1) is 8.20. The molecule has 0 atom stereocenters. The minimum absolute atomic E-state index is 0.0395. The number of aryl methyl sites for hydroxylation is 1. The summed E-state index contributed by atoms with van der Waals surface area (Å²) in [5.74, 6) is 0.362. The molecule has 1 saturated carbocycles. The monoisotopic (exact) mass is 233 g/mol. The first-order valence-corrected chi connectivity index (χ1v) is 5.67. The van der Waals surface area contributed by atoms with E-state index in [-0.39, 0.29) is 12.5 Å². The lowest BCUT2D eigenvalue weighted by atomic mass is 10.1. The van der Waals surface area contributed by atoms with Crippen molar-refractivity contribution < 1.29 is 14.3 Å². The summed E-state index contributed by atoms with van der Waals surface area (Å²) in [6.07, 6.45) is 2.84. The van der Waals surface area contributed by atoms with E-state index in [9.17, 15) is 9.59 Å². The quantitative estimate of drug-likeness (QED) is 0.783. The van der Waals surface area contributed by atoms with Gasteiger partial charge in [0.1, 0.15) is 5.75 Å². The van der Waals surface area contributed by atoms with Gasteiger partial charge in [-0.25, -0.2) is 0 Å². The number of aldehydes is 1. The van der Waals surface area contributed by atoms with Crippen LogP contribution in [0, 0.1) is 6.92 Å². The number of hydrogen-bond acceptors (Lipinski definition) is 3. The van der Waals surface area contributed by atoms with Crippen molar-refractivity contribution in [3.05, 3.63) is 29.3 Å². The predicted octanol–water partition coefficient (Wildman–Crippen LogP) is 1.46. The van der Waals surface area contributed by atoms with Crippen LogP contribution in [0.3, 0.4) is 0 Å². The summed E-state index contributed by atoms with van der Waals surface area (Å²) in [5.41, 5.74) is 1.33. The zero-order chi connectivity index (χ0) is 12.3. The van der Waals surface area contributed by atoms with E-state index in [1.807, 2.05) is 13.0 Å². The maximum atomic E-state index is 11.5. The number of benzene rings is 1. The van der Waals surface area contributed by atoms with E-state index in [2.05, 4.69) is 5.32 Å². The largest absolute Gasteiger partial charge is 0.483 e. The van der Waals surface area contributed by atoms with Crippen LogP contribution in [0.5, 0.6) is 5.75 Å². The molecule has 0 aromatic heterocycles. The van der Waals surface area contributed by atoms with Crippen molar-refractivity contribution in [3.63, 3.8) is 0 Å². The van der Waals surface area contributed by atoms with Gasteiger partial charge in [0.15, 0.2) is 12.9 Å². The van der Waals surface area contributed by atoms with E-state index in [0.29, 0.717) is 17.4 Å². The topological polar surface area (TPSA) is 55.4 Å². The van der Waals surface area contributed by atoms with Crippen molar-refractivity contribution >= 4 is 12.2 Å². The molecule has 1 N–H and O–H groups in total. The fraction of sp³-hybridized carbons (Fsp3) is 0.385. The molecule has 0 heterocycles. The van der Waals surface area contributed by atoms with E-state index < -0.39 is 0 Å². The van der Waals surface area contributed by atoms with Crippen molar-refractivity contribution in [1.82, 2.24) is 5.32 Å². The van der Waals surface area contributed by atoms with Crippen molar-refractivity contribution in [2.75, 3.05) is 6.61 Å². The maximum absolute atomic E-state index is 11.5. The lowest BCUT2D eigenvalue weighted by Gasteiger charge is -2.10. The van der Waals surface area contributed by atoms with Crippen LogP contribution >= 0.6 is 0 Å². The van der Waals surface area contributed by atoms with Crippen LogP contribution in [0.25, 0.3) is 0 Å². The molecule has 0 aliphatic heterocycles. The third-order valence-electron chi connectivity index (χ3n) is 2.66. The molecule has 0 spiro atoms. The third-order valence-corrected chi connectivity index (χ3v) is 2.66. The third kappa shape index (κ3) is 3.06. The van der Waals surface area contributed by atoms with Gasteiger partial charge in [-0.2, -0.15) is 0 Å². The summed E-state index contributed by atoms with van der Waals surface area (Å²) in [6.45, 7) is 1.81. The Balaban J connectivity index is 1.97. The lowest BCUT2D eigenvalue weighted by Crippen LogP contribution is -2.30. The van der Waals surface area contributed by atoms with Crippen LogP contribution in [0.2, 0.25) is 0 Å². The standard InChI is InChI=1S/C13H15NO3/c1-9-3-2-4-10(7-15)13(9)17-8-12(16)14-11-5-6-11/h2-4,7,11H,5-6,8H2,1H3,(H,14,16). The molecule has 1 aromatic rings. The smallest absolute Gasteiger partial charge is 0.258 e. The first kappa shape index (κ1) is 11.6. The van der Waals surface area contributed by atoms with Gasteiger partial charge in [0.2, 0.25) is 0 Å². The Morgan fingerprint density at radius 3 is 2.94 bits per heavy atom. The highest BCUT2D eigenvalue weighted by Crippen LogP contribution is 2.22. The second-order valence-corrected chi connectivity index (χ2v) is 4.24. The van der Waals surface area contributed by atoms with Crippen LogP contribution < -0.4 is 10.1 Å². The molecule has 1 fully saturated rings. The maximum Gasteiger partial charge on any atom is 0.258 e. The van der Waals surface area contributed by atoms with Gasteiger partial charge in [0.05, 0.1) is 5.56 Å². The van der Waals surface area contributed by atoms with Crippen molar-refractivity contribution in [2.45, 2.75) is 25.8 Å². The Morgan fingerprint density at radius 2 is 2.29 bits per heavy atom. The first-order valence-electron chi connectivity index (χ1n) is 5.67. The lowest BCUT2D eigenvalue weighted by molar-refractivity contribution is -0.123. The van der Waals surface area contributed by atoms with Gasteiger partial charge in [-0.1, -0.05) is 12.1 Å². The Bertz CT molecular complexity index is 438. The van der Waals surface area contributed by atoms with Crippen molar-refractivity contribution in [3.8, 4) is 5.75 Å². The number of hydrogen-bond donors (Lipinski definition) is 1. The Hall–Kier alpha value is -1.84. The normalized spacial score (nSPS) is 14.2. The second-order valence-electron chi connectivity index (χ2n) is 4.24. The number of amides is 1. The van der Waals surface area contributed by atoms with Crippen LogP contribution in [-0.2, 0) is 4.79 Å². The van der Waals surface area contributed by atoms with Crippen LogP contribution in [0.1, 0.15) is 28.8 Å². The van der Waals surface area contributed by atoms with E-state index in [0.717, 1.165) is 24.7 Å². The Labute approximate surface area is 100.0 Å². The van der Waals surface area contributed by atoms with E-state index in [4.69, 9.17) is 4.74 Å². The van der Waals surface area contributed by atoms with Crippen molar-refractivity contribution in [1.29, 1.82) is 0 Å². The highest BCUT2D eigenvalue weighted by Gasteiger charge is 2.23. The Kier molecular flexibility index (Phi) is 3.42. The SMILES string of the molecule is Cc1cccc(C=O)c1OCC(=O)NC1CC1. The van der Waals surface area contributed by atoms with E-state index in [1.54, 1.807) is 12.1 Å². The van der Waals surface area contributed by atoms with Gasteiger partial charge in [0, 0.05) is 6.04 Å². The molecule has 1 aliphatic rings. The highest BCUT2D eigenvalue weighted by atomic mass is 16.5. The summed E-state index contributed by atoms with van der Waals surface area (Å²) < 4.78 is 5.41. The molecule has 2 rings (SSSR count). The molecule has 4 heteroatoms. The van der Waals surface area contributed by atoms with Gasteiger partial charge >= 0.3 is 0 Å². The van der Waals surface area contributed by atoms with E-state index >= 15 is 0 Å². The number of para-hydroxylation sites is 1. The van der Waals surface area contributed by atoms with Gasteiger partial charge < -0.3 is 10.1 Å². The molecule has 1 aromatic carbocycles. The summed E-state index contributed by atoms with van der Waals surface area (Å²) in [5, 5.41) is 2.83. The molecule has 4 nitrogen and oxygen atoms in total. The summed E-state index contributed by atoms with van der Waals surface area (Å²) in [4.78, 5) is 22.3. The molecular formula is C13H15NO3. The molecule has 0 bridgehead atoms. The summed E-state index contributed by atoms with van der Waals surface area (Å²) in [7, 11) is 0. The summed E-state index contributed by atoms with van der Waals surface area (Å²) in [6, 6.07) is 5.64. The number of rotatable bonds is 5. The molecule has 1 aliphatic carbocycles. The highest BCUT2D eigenvalue weighted by molar-refractivity contribution is 5.81. The van der Waals surface area contributed by atoms with Gasteiger partial charge in [0.25, 0.3) is 5.91 Å². The molecule has 1 amide bonds. The molecule has 0 unspecified atom stereocenters. The predicted molar refractivity (Wildman–Crippen MR) is 63.2 cm³/mol. The fourth-order valence-electron chi connectivity index (χ4n) is 1.60. The minimum atomic E-state index is -0.132. The minimum Gasteiger partial charge on any atom is -0.483 e. The molecular weight excluding hydrogens is 218 g/mol. The number of carbonyl (C=O) groups excluding carboxylic acids is 2. The van der Waals surface area contributed by atoms with Gasteiger partial charge in [-0.3, -0.25) is 9.59 Å². The van der Waals surface area contributed by atoms with Gasteiger partial charge in [-0.15, -0.1) is 0 Å². The zero-order valence-electron chi connectivity index (χ0n) is 9.73. The number of carbonyl (C=O) groups is 2. The number of ether oxygens (including phenoxy) is 1. The van der Waals surface area contributed by atoms with Crippen LogP contribution in [-0.4, -0.2) is 24.8 Å². The van der Waals surface area contributed by atoms with Crippen molar-refractivity contribution in [2.24, 2.45) is 0 Å². The molecule has 17 heavy (non-hydrogen) atoms. The second kappa shape index (κ2) is 4.99. The van der Waals surface area contributed by atoms with Crippen LogP contribution in [0.4, 0.5) is 0 Å². The molecule has 90 valence electrons. The Morgan fingerprint density at radius 1 is 1.53 bits per heavy atom. The fourth-order valence-corrected chi connectivity index (χ4v) is 1.60.